The molecule has 0 unspecified atom stereocenters. The van der Waals surface area contributed by atoms with Crippen LogP contribution >= 0.6 is 11.6 Å². The van der Waals surface area contributed by atoms with Crippen LogP contribution in [0.5, 0.6) is 0 Å². The molecule has 5 aromatic heterocycles. The first kappa shape index (κ1) is 44.0. The number of carbonyl (C=O) groups is 1. The minimum absolute atomic E-state index is 0. The lowest BCUT2D eigenvalue weighted by Crippen LogP contribution is -2.33. The number of pyridine rings is 1. The van der Waals surface area contributed by atoms with Crippen molar-refractivity contribution in [2.45, 2.75) is 47.7 Å². The fourth-order valence-corrected chi connectivity index (χ4v) is 7.36. The summed E-state index contributed by atoms with van der Waals surface area (Å²) in [5, 5.41) is 8.40. The van der Waals surface area contributed by atoms with Gasteiger partial charge in [-0.15, -0.1) is 5.10 Å². The first-order chi connectivity index (χ1) is 29.0. The second kappa shape index (κ2) is 18.4. The number of fused-ring (bicyclic) bond motifs is 3. The molecule has 0 aliphatic heterocycles. The molecule has 9 aromatic rings. The molecule has 15 heteroatoms. The maximum Gasteiger partial charge on any atom is 0.267 e. The van der Waals surface area contributed by atoms with Gasteiger partial charge in [-0.3, -0.25) is 28.5 Å². The minimum atomic E-state index is -0.667. The average Bonchev–Trinajstić information content (AvgIpc) is 3.59. The van der Waals surface area contributed by atoms with Crippen molar-refractivity contribution in [2.24, 2.45) is 5.73 Å². The maximum atomic E-state index is 14.2. The van der Waals surface area contributed by atoms with Gasteiger partial charge in [0, 0.05) is 24.3 Å². The number of carbonyl (C=O) groups excluding carboxylic acids is 1. The zero-order valence-corrected chi connectivity index (χ0v) is 33.4. The zero-order chi connectivity index (χ0) is 42.1. The number of aromatic nitrogens is 8. The van der Waals surface area contributed by atoms with Gasteiger partial charge < -0.3 is 16.8 Å². The fraction of sp³-hybridized carbons (Fsp3) is 0.149. The zero-order valence-electron chi connectivity index (χ0n) is 32.7. The first-order valence-corrected chi connectivity index (χ1v) is 19.4. The molecule has 9 rings (SSSR count). The van der Waals surface area contributed by atoms with Crippen molar-refractivity contribution < 1.29 is 4.79 Å². The van der Waals surface area contributed by atoms with Gasteiger partial charge in [0.05, 0.1) is 50.3 Å². The van der Waals surface area contributed by atoms with E-state index in [0.29, 0.717) is 49.8 Å². The van der Waals surface area contributed by atoms with Crippen LogP contribution in [0.15, 0.2) is 143 Å². The molecule has 0 saturated carbocycles. The summed E-state index contributed by atoms with van der Waals surface area (Å²) >= 11 is 6.17. The van der Waals surface area contributed by atoms with Crippen LogP contribution in [-0.2, 0) is 0 Å². The van der Waals surface area contributed by atoms with E-state index in [4.69, 9.17) is 28.1 Å². The molecule has 62 heavy (non-hydrogen) atoms. The van der Waals surface area contributed by atoms with Gasteiger partial charge in [0.15, 0.2) is 11.5 Å². The minimum Gasteiger partial charge on any atom is -0.381 e. The fourth-order valence-electron chi connectivity index (χ4n) is 7.11. The van der Waals surface area contributed by atoms with Crippen LogP contribution in [0.2, 0.25) is 5.02 Å². The Hall–Kier alpha value is -7.55. The SMILES string of the molecule is C.C.C[C@H](N)c1nc2cccc(Cl)c2c(=O)n1-c1ccccc1.Cc1cc(-c2cccc3nc([C@H](C)NC(=O)c4c(N)nn5cccnc45)n(-c4ccccc4)c(=O)c23)ccn1. The maximum absolute atomic E-state index is 14.2. The van der Waals surface area contributed by atoms with E-state index in [1.54, 1.807) is 67.3 Å². The molecule has 0 aliphatic carbocycles. The Bertz CT molecular complexity index is 3180. The van der Waals surface area contributed by atoms with Crippen molar-refractivity contribution in [2.75, 3.05) is 5.73 Å². The van der Waals surface area contributed by atoms with Crippen molar-refractivity contribution in [1.29, 1.82) is 0 Å². The first-order valence-electron chi connectivity index (χ1n) is 19.0. The number of nitrogens with one attached hydrogen (secondary N) is 1. The molecule has 1 amide bonds. The Morgan fingerprint density at radius 1 is 0.726 bits per heavy atom. The highest BCUT2D eigenvalue weighted by Crippen LogP contribution is 2.28. The summed E-state index contributed by atoms with van der Waals surface area (Å²) in [6.45, 7) is 5.48. The van der Waals surface area contributed by atoms with Gasteiger partial charge in [-0.05, 0) is 92.6 Å². The molecule has 0 bridgehead atoms. The van der Waals surface area contributed by atoms with Gasteiger partial charge in [-0.1, -0.05) is 81.1 Å². The Morgan fingerprint density at radius 3 is 1.97 bits per heavy atom. The Balaban J connectivity index is 0.000000237. The third-order valence-electron chi connectivity index (χ3n) is 9.82. The van der Waals surface area contributed by atoms with Crippen LogP contribution in [0, 0.1) is 6.92 Å². The topological polar surface area (TPSA) is 194 Å². The lowest BCUT2D eigenvalue weighted by molar-refractivity contribution is 0.0940. The lowest BCUT2D eigenvalue weighted by Gasteiger charge is -2.20. The highest BCUT2D eigenvalue weighted by Gasteiger charge is 2.25. The van der Waals surface area contributed by atoms with Crippen LogP contribution < -0.4 is 27.9 Å². The van der Waals surface area contributed by atoms with Crippen molar-refractivity contribution in [3.8, 4) is 22.5 Å². The van der Waals surface area contributed by atoms with Gasteiger partial charge in [0.1, 0.15) is 17.2 Å². The van der Waals surface area contributed by atoms with Crippen LogP contribution in [0.25, 0.3) is 50.0 Å². The Morgan fingerprint density at radius 2 is 1.32 bits per heavy atom. The van der Waals surface area contributed by atoms with E-state index in [9.17, 15) is 14.4 Å². The number of amides is 1. The lowest BCUT2D eigenvalue weighted by atomic mass is 10.0. The number of nitrogens with zero attached hydrogens (tertiary/aromatic N) is 8. The normalized spacial score (nSPS) is 11.8. The predicted octanol–water partition coefficient (Wildman–Crippen LogP) is 8.20. The number of aryl methyl sites for hydroxylation is 1. The van der Waals surface area contributed by atoms with Crippen molar-refractivity contribution in [3.63, 3.8) is 0 Å². The van der Waals surface area contributed by atoms with Gasteiger partial charge in [-0.2, -0.15) is 0 Å². The van der Waals surface area contributed by atoms with Crippen LogP contribution in [0.3, 0.4) is 0 Å². The molecule has 314 valence electrons. The van der Waals surface area contributed by atoms with E-state index in [-0.39, 0.29) is 43.4 Å². The van der Waals surface area contributed by atoms with Gasteiger partial charge in [0.2, 0.25) is 0 Å². The third-order valence-corrected chi connectivity index (χ3v) is 10.1. The smallest absolute Gasteiger partial charge is 0.267 e. The summed E-state index contributed by atoms with van der Waals surface area (Å²) in [4.78, 5) is 58.4. The number of hydrogen-bond acceptors (Lipinski definition) is 10. The monoisotopic (exact) mass is 847 g/mol. The summed E-state index contributed by atoms with van der Waals surface area (Å²) in [7, 11) is 0. The number of nitrogen functional groups attached to an aromatic ring is 1. The van der Waals surface area contributed by atoms with Crippen molar-refractivity contribution in [1.82, 2.24) is 44.0 Å². The van der Waals surface area contributed by atoms with Crippen LogP contribution in [0.1, 0.15) is 68.5 Å². The largest absolute Gasteiger partial charge is 0.381 e. The molecular weight excluding hydrogens is 802 g/mol. The number of rotatable bonds is 7. The second-order valence-electron chi connectivity index (χ2n) is 14.0. The number of para-hydroxylation sites is 2. The molecule has 0 spiro atoms. The highest BCUT2D eigenvalue weighted by molar-refractivity contribution is 6.35. The summed E-state index contributed by atoms with van der Waals surface area (Å²) in [6.07, 6.45) is 4.95. The summed E-state index contributed by atoms with van der Waals surface area (Å²) in [6, 6.07) is 33.8. The van der Waals surface area contributed by atoms with Gasteiger partial charge in [0.25, 0.3) is 17.0 Å². The van der Waals surface area contributed by atoms with E-state index in [1.165, 1.54) is 9.08 Å². The number of halogens is 1. The highest BCUT2D eigenvalue weighted by atomic mass is 35.5. The number of nitrogens with two attached hydrogens (primary N) is 2. The van der Waals surface area contributed by atoms with Gasteiger partial charge >= 0.3 is 0 Å². The molecule has 0 fully saturated rings. The molecule has 0 aliphatic rings. The predicted molar refractivity (Wildman–Crippen MR) is 247 cm³/mol. The number of benzene rings is 4. The molecule has 4 aromatic carbocycles. The van der Waals surface area contributed by atoms with E-state index >= 15 is 0 Å². The van der Waals surface area contributed by atoms with Crippen LogP contribution in [-0.4, -0.2) is 44.6 Å². The number of anilines is 1. The molecule has 5 N–H and O–H groups in total. The quantitative estimate of drug-likeness (QED) is 0.141. The second-order valence-corrected chi connectivity index (χ2v) is 14.5. The van der Waals surface area contributed by atoms with E-state index in [2.05, 4.69) is 25.4 Å². The third kappa shape index (κ3) is 8.29. The molecule has 0 saturated heterocycles. The summed E-state index contributed by atoms with van der Waals surface area (Å²) < 4.78 is 4.52. The summed E-state index contributed by atoms with van der Waals surface area (Å²) in [5.41, 5.74) is 17.0. The number of hydrogen-bond donors (Lipinski definition) is 3. The van der Waals surface area contributed by atoms with E-state index in [1.807, 2.05) is 91.9 Å². The molecular formula is C47H46ClN11O3. The molecule has 5 heterocycles. The van der Waals surface area contributed by atoms with Crippen LogP contribution in [0.4, 0.5) is 5.82 Å². The molecule has 0 radical (unpaired) electrons. The summed E-state index contributed by atoms with van der Waals surface area (Å²) in [5.74, 6) is 0.477. The molecule has 2 atom stereocenters. The van der Waals surface area contributed by atoms with Gasteiger partial charge in [-0.25, -0.2) is 19.5 Å². The molecule has 14 nitrogen and oxygen atoms in total. The van der Waals surface area contributed by atoms with Crippen molar-refractivity contribution in [3.05, 3.63) is 182 Å². The van der Waals surface area contributed by atoms with E-state index < -0.39 is 11.9 Å². The van der Waals surface area contributed by atoms with Crippen molar-refractivity contribution >= 4 is 50.8 Å². The van der Waals surface area contributed by atoms with E-state index in [0.717, 1.165) is 22.5 Å². The standard InChI is InChI=1S/C29H24N8O2.C16H14ClN3O.2CH4/c1-17-16-19(12-14-31-17)21-10-6-11-22-23(21)29(39)37(20-8-4-3-5-9-20)26(34-22)18(2)33-28(38)24-25(30)35-36-15-7-13-32-27(24)36;1-10(18)15-19-13-9-5-8-12(17)14(13)16(21)20(15)11-6-3-2-4-7-11;;/h3-16,18H,1-2H3,(H2,30,35)(H,33,38);2-10H,18H2,1H3;2*1H4/t18-;10-;;/m00../s1. The average molecular weight is 848 g/mol. The Labute approximate surface area is 362 Å². The Kier molecular flexibility index (Phi) is 13.0.